The summed E-state index contributed by atoms with van der Waals surface area (Å²) in [6, 6.07) is 16.8. The van der Waals surface area contributed by atoms with Gasteiger partial charge in [0.15, 0.2) is 0 Å². The third kappa shape index (κ3) is 4.64. The Morgan fingerprint density at radius 2 is 1.27 bits per heavy atom. The largest absolute Gasteiger partial charge is 0.649 e. The van der Waals surface area contributed by atoms with Gasteiger partial charge in [0.25, 0.3) is 0 Å². The number of para-hydroxylation sites is 2. The molecule has 0 unspecified atom stereocenters. The predicted molar refractivity (Wildman–Crippen MR) is 82.7 cm³/mol. The number of phosphoric ester groups is 1. The highest BCUT2D eigenvalue weighted by molar-refractivity contribution is 7.50. The van der Waals surface area contributed by atoms with Gasteiger partial charge in [-0.2, -0.15) is 4.57 Å². The fourth-order valence-corrected chi connectivity index (χ4v) is 2.80. The van der Waals surface area contributed by atoms with E-state index in [-0.39, 0.29) is 0 Å². The molecule has 0 saturated heterocycles. The molecule has 22 heavy (non-hydrogen) atoms. The van der Waals surface area contributed by atoms with Gasteiger partial charge < -0.3 is 13.6 Å². The summed E-state index contributed by atoms with van der Waals surface area (Å²) in [4.78, 5) is 11.8. The zero-order chi connectivity index (χ0) is 16.0. The minimum absolute atomic E-state index is 0.290. The van der Waals surface area contributed by atoms with E-state index in [1.807, 2.05) is 0 Å². The molecule has 0 aliphatic heterocycles. The molecule has 0 aliphatic rings. The van der Waals surface area contributed by atoms with E-state index in [0.29, 0.717) is 11.5 Å². The first-order valence-corrected chi connectivity index (χ1v) is 8.27. The first-order valence-electron chi connectivity index (χ1n) is 6.81. The average molecular weight is 320 g/mol. The maximum atomic E-state index is 12.8. The lowest BCUT2D eigenvalue weighted by atomic mass is 10.2. The second kappa shape index (κ2) is 7.14. The van der Waals surface area contributed by atoms with Crippen LogP contribution in [0.3, 0.4) is 0 Å². The highest BCUT2D eigenvalue weighted by Crippen LogP contribution is 2.50. The summed E-state index contributed by atoms with van der Waals surface area (Å²) in [7, 11) is -4.12. The summed E-state index contributed by atoms with van der Waals surface area (Å²) in [6.45, 7) is 3.27. The molecule has 0 fully saturated rings. The molecular formula is C16H17O5P. The van der Waals surface area contributed by atoms with E-state index in [0.717, 1.165) is 0 Å². The van der Waals surface area contributed by atoms with Crippen molar-refractivity contribution >= 4 is 13.8 Å². The molecule has 0 amide bonds. The van der Waals surface area contributed by atoms with Gasteiger partial charge in [0.2, 0.25) is 0 Å². The maximum absolute atomic E-state index is 12.8. The van der Waals surface area contributed by atoms with Crippen LogP contribution in [-0.4, -0.2) is 5.97 Å². The Morgan fingerprint density at radius 3 is 1.64 bits per heavy atom. The number of hydrogen-bond acceptors (Lipinski definition) is 5. The molecule has 0 bridgehead atoms. The van der Waals surface area contributed by atoms with E-state index >= 15 is 0 Å². The third-order valence-corrected chi connectivity index (χ3v) is 3.87. The standard InChI is InChI=1S/C16H17O5P/c1-13(2)16(17)21-22(18,19-14-9-5-3-6-10-14)20-15-11-7-4-8-12-15/h3-13H,1-2H3. The van der Waals surface area contributed by atoms with Crippen LogP contribution in [0.1, 0.15) is 13.8 Å². The van der Waals surface area contributed by atoms with Gasteiger partial charge in [-0.1, -0.05) is 50.2 Å². The van der Waals surface area contributed by atoms with Crippen molar-refractivity contribution in [1.29, 1.82) is 0 Å². The molecule has 0 aliphatic carbocycles. The van der Waals surface area contributed by atoms with E-state index in [1.54, 1.807) is 74.5 Å². The first-order chi connectivity index (χ1) is 10.5. The highest BCUT2D eigenvalue weighted by Gasteiger charge is 2.36. The van der Waals surface area contributed by atoms with E-state index in [2.05, 4.69) is 0 Å². The van der Waals surface area contributed by atoms with Gasteiger partial charge in [-0.15, -0.1) is 0 Å². The number of carbonyl (C=O) groups is 1. The summed E-state index contributed by atoms with van der Waals surface area (Å²) in [5, 5.41) is 0. The second-order valence-corrected chi connectivity index (χ2v) is 6.26. The Kier molecular flexibility index (Phi) is 5.23. The molecule has 0 atom stereocenters. The molecule has 2 aromatic rings. The Morgan fingerprint density at radius 1 is 0.864 bits per heavy atom. The molecule has 6 heteroatoms. The summed E-state index contributed by atoms with van der Waals surface area (Å²) >= 11 is 0. The normalized spacial score (nSPS) is 11.0. The van der Waals surface area contributed by atoms with Crippen LogP contribution in [0.5, 0.6) is 11.5 Å². The van der Waals surface area contributed by atoms with Crippen molar-refractivity contribution in [3.05, 3.63) is 60.7 Å². The summed E-state index contributed by atoms with van der Waals surface area (Å²) in [6.07, 6.45) is 0. The van der Waals surface area contributed by atoms with E-state index in [4.69, 9.17) is 13.6 Å². The van der Waals surface area contributed by atoms with Crippen LogP contribution in [0, 0.1) is 5.92 Å². The minimum atomic E-state index is -4.12. The number of phosphoric acid groups is 1. The van der Waals surface area contributed by atoms with Gasteiger partial charge in [-0.3, -0.25) is 4.79 Å². The van der Waals surface area contributed by atoms with Gasteiger partial charge in [0.05, 0.1) is 5.92 Å². The van der Waals surface area contributed by atoms with Crippen LogP contribution >= 0.6 is 7.82 Å². The Labute approximate surface area is 129 Å². The maximum Gasteiger partial charge on any atom is 0.649 e. The van der Waals surface area contributed by atoms with Crippen molar-refractivity contribution in [1.82, 2.24) is 0 Å². The SMILES string of the molecule is CC(C)C(=O)OP(=O)(Oc1ccccc1)Oc1ccccc1. The van der Waals surface area contributed by atoms with Crippen molar-refractivity contribution in [2.75, 3.05) is 0 Å². The summed E-state index contributed by atoms with van der Waals surface area (Å²) < 4.78 is 28.4. The van der Waals surface area contributed by atoms with Crippen molar-refractivity contribution in [2.45, 2.75) is 13.8 Å². The lowest BCUT2D eigenvalue weighted by Gasteiger charge is -2.19. The molecule has 0 heterocycles. The summed E-state index contributed by atoms with van der Waals surface area (Å²) in [5.41, 5.74) is 0. The lowest BCUT2D eigenvalue weighted by Crippen LogP contribution is -2.15. The molecule has 2 aromatic carbocycles. The number of hydrogen-bond donors (Lipinski definition) is 0. The first kappa shape index (κ1) is 16.1. The van der Waals surface area contributed by atoms with Gasteiger partial charge in [-0.25, -0.2) is 0 Å². The van der Waals surface area contributed by atoms with Gasteiger partial charge in [-0.05, 0) is 24.3 Å². The second-order valence-electron chi connectivity index (χ2n) is 4.82. The van der Waals surface area contributed by atoms with Gasteiger partial charge in [0, 0.05) is 0 Å². The molecular weight excluding hydrogens is 303 g/mol. The van der Waals surface area contributed by atoms with E-state index < -0.39 is 19.7 Å². The smallest absolute Gasteiger partial charge is 0.386 e. The summed E-state index contributed by atoms with van der Waals surface area (Å²) in [5.74, 6) is -0.529. The Hall–Kier alpha value is -2.26. The molecule has 0 radical (unpaired) electrons. The molecule has 0 spiro atoms. The quantitative estimate of drug-likeness (QED) is 0.736. The Balaban J connectivity index is 2.23. The monoisotopic (exact) mass is 320 g/mol. The fourth-order valence-electron chi connectivity index (χ4n) is 1.49. The number of rotatable bonds is 6. The van der Waals surface area contributed by atoms with E-state index in [1.165, 1.54) is 0 Å². The lowest BCUT2D eigenvalue weighted by molar-refractivity contribution is -0.138. The number of benzene rings is 2. The molecule has 116 valence electrons. The average Bonchev–Trinajstić information content (AvgIpc) is 2.48. The van der Waals surface area contributed by atoms with Crippen molar-refractivity contribution < 1.29 is 22.9 Å². The van der Waals surface area contributed by atoms with Crippen LogP contribution in [-0.2, 0) is 13.9 Å². The third-order valence-electron chi connectivity index (χ3n) is 2.59. The molecule has 5 nitrogen and oxygen atoms in total. The number of carbonyl (C=O) groups excluding carboxylic acids is 1. The minimum Gasteiger partial charge on any atom is -0.386 e. The van der Waals surface area contributed by atoms with Crippen molar-refractivity contribution in [2.24, 2.45) is 5.92 Å². The zero-order valence-electron chi connectivity index (χ0n) is 12.3. The topological polar surface area (TPSA) is 61.8 Å². The van der Waals surface area contributed by atoms with Crippen LogP contribution < -0.4 is 9.05 Å². The van der Waals surface area contributed by atoms with E-state index in [9.17, 15) is 9.36 Å². The zero-order valence-corrected chi connectivity index (χ0v) is 13.2. The van der Waals surface area contributed by atoms with Crippen molar-refractivity contribution in [3.63, 3.8) is 0 Å². The van der Waals surface area contributed by atoms with Crippen LogP contribution in [0.15, 0.2) is 60.7 Å². The van der Waals surface area contributed by atoms with Crippen LogP contribution in [0.4, 0.5) is 0 Å². The molecule has 2 rings (SSSR count). The van der Waals surface area contributed by atoms with Gasteiger partial charge in [0.1, 0.15) is 11.5 Å². The molecule has 0 N–H and O–H groups in total. The van der Waals surface area contributed by atoms with Crippen LogP contribution in [0.2, 0.25) is 0 Å². The predicted octanol–water partition coefficient (Wildman–Crippen LogP) is 4.45. The van der Waals surface area contributed by atoms with Crippen LogP contribution in [0.25, 0.3) is 0 Å². The fraction of sp³-hybridized carbons (Fsp3) is 0.188. The van der Waals surface area contributed by atoms with Crippen molar-refractivity contribution in [3.8, 4) is 11.5 Å². The Bertz CT molecular complexity index is 609. The molecule has 0 aromatic heterocycles. The molecule has 0 saturated carbocycles. The highest BCUT2D eigenvalue weighted by atomic mass is 31.2. The van der Waals surface area contributed by atoms with Gasteiger partial charge >= 0.3 is 13.8 Å².